The second-order valence-corrected chi connectivity index (χ2v) is 12.9. The Morgan fingerprint density at radius 3 is 2.73 bits per heavy atom. The van der Waals surface area contributed by atoms with Gasteiger partial charge >= 0.3 is 0 Å². The van der Waals surface area contributed by atoms with Crippen LogP contribution in [0.3, 0.4) is 0 Å². The molecule has 1 N–H and O–H groups in total. The largest absolute Gasteiger partial charge is 0.411 e. The molecular weight excluding hydrogens is 350 g/mol. The van der Waals surface area contributed by atoms with E-state index >= 15 is 0 Å². The average Bonchev–Trinajstić information content (AvgIpc) is 2.59. The topological polar surface area (TPSA) is 84.8 Å². The highest BCUT2D eigenvalue weighted by molar-refractivity contribution is 6.74. The van der Waals surface area contributed by atoms with Gasteiger partial charge in [0.05, 0.1) is 31.6 Å². The zero-order valence-corrected chi connectivity index (χ0v) is 17.5. The summed E-state index contributed by atoms with van der Waals surface area (Å²) in [5.41, 5.74) is 0.896. The van der Waals surface area contributed by atoms with Crippen molar-refractivity contribution in [3.63, 3.8) is 0 Å². The first-order valence-corrected chi connectivity index (χ1v) is 12.0. The molecule has 0 aromatic carbocycles. The molecule has 1 aromatic heterocycles. The average molecular weight is 382 g/mol. The van der Waals surface area contributed by atoms with E-state index in [0.717, 1.165) is 0 Å². The van der Waals surface area contributed by atoms with E-state index in [1.54, 1.807) is 11.1 Å². The number of rotatable bonds is 6. The molecule has 2 rings (SSSR count). The van der Waals surface area contributed by atoms with Gasteiger partial charge in [0.15, 0.2) is 14.0 Å². The fraction of sp³-hybridized carbons (Fsp3) is 0.722. The monoisotopic (exact) mass is 381 g/mol. The van der Waals surface area contributed by atoms with Crippen LogP contribution in [-0.2, 0) is 15.8 Å². The van der Waals surface area contributed by atoms with Gasteiger partial charge in [0, 0.05) is 25.5 Å². The number of nitrogens with zero attached hydrogens (tertiary/aromatic N) is 3. The highest BCUT2D eigenvalue weighted by atomic mass is 28.4. The number of aromatic nitrogens is 2. The van der Waals surface area contributed by atoms with Crippen LogP contribution >= 0.6 is 0 Å². The van der Waals surface area contributed by atoms with Crippen LogP contribution in [0.1, 0.15) is 43.4 Å². The van der Waals surface area contributed by atoms with Crippen molar-refractivity contribution >= 4 is 14.2 Å². The van der Waals surface area contributed by atoms with E-state index in [2.05, 4.69) is 43.8 Å². The molecule has 1 aliphatic rings. The normalized spacial score (nSPS) is 18.8. The minimum Gasteiger partial charge on any atom is -0.411 e. The predicted octanol–water partition coefficient (Wildman–Crippen LogP) is 2.22. The van der Waals surface area contributed by atoms with Gasteiger partial charge in [-0.25, -0.2) is 4.98 Å². The highest BCUT2D eigenvalue weighted by Crippen LogP contribution is 2.37. The lowest BCUT2D eigenvalue weighted by Crippen LogP contribution is -2.49. The Morgan fingerprint density at radius 1 is 1.38 bits per heavy atom. The first-order valence-electron chi connectivity index (χ1n) is 9.11. The summed E-state index contributed by atoms with van der Waals surface area (Å²) in [4.78, 5) is 23.5. The number of morpholine rings is 1. The lowest BCUT2D eigenvalue weighted by molar-refractivity contribution is -0.00874. The van der Waals surface area contributed by atoms with E-state index in [9.17, 15) is 9.90 Å². The standard InChI is InChI=1S/C18H31N3O4Si/c1-18(2,3)26(4,5)25-13-15-16(20-8-7-19-15)17(23)21-9-11-24-12-14(21)6-10-22/h7-8,14,22H,6,9-13H2,1-5H3/t14-/m1/s1. The van der Waals surface area contributed by atoms with Gasteiger partial charge in [-0.2, -0.15) is 0 Å². The summed E-state index contributed by atoms with van der Waals surface area (Å²) in [5.74, 6) is -0.173. The number of amides is 1. The van der Waals surface area contributed by atoms with Gasteiger partial charge in [-0.3, -0.25) is 9.78 Å². The second kappa shape index (κ2) is 8.56. The van der Waals surface area contributed by atoms with E-state index in [1.807, 2.05) is 0 Å². The van der Waals surface area contributed by atoms with Crippen molar-refractivity contribution in [2.75, 3.05) is 26.4 Å². The fourth-order valence-electron chi connectivity index (χ4n) is 2.56. The number of carbonyl (C=O) groups is 1. The van der Waals surface area contributed by atoms with Crippen LogP contribution in [0.15, 0.2) is 12.4 Å². The van der Waals surface area contributed by atoms with Gasteiger partial charge in [-0.15, -0.1) is 0 Å². The maximum absolute atomic E-state index is 13.1. The molecule has 0 radical (unpaired) electrons. The summed E-state index contributed by atoms with van der Waals surface area (Å²) in [5, 5.41) is 9.34. The van der Waals surface area contributed by atoms with Crippen LogP contribution < -0.4 is 0 Å². The first-order chi connectivity index (χ1) is 12.2. The van der Waals surface area contributed by atoms with E-state index in [1.165, 1.54) is 6.20 Å². The van der Waals surface area contributed by atoms with Crippen LogP contribution in [0.25, 0.3) is 0 Å². The van der Waals surface area contributed by atoms with Crippen LogP contribution in [-0.4, -0.2) is 66.6 Å². The molecular formula is C18H31N3O4Si. The molecule has 1 atom stereocenters. The van der Waals surface area contributed by atoms with Crippen molar-refractivity contribution in [3.05, 3.63) is 23.8 Å². The molecule has 0 bridgehead atoms. The molecule has 1 amide bonds. The summed E-state index contributed by atoms with van der Waals surface area (Å²) in [6.07, 6.45) is 3.61. The van der Waals surface area contributed by atoms with Crippen molar-refractivity contribution in [1.82, 2.24) is 14.9 Å². The van der Waals surface area contributed by atoms with Crippen molar-refractivity contribution in [2.24, 2.45) is 0 Å². The van der Waals surface area contributed by atoms with Crippen molar-refractivity contribution in [1.29, 1.82) is 0 Å². The molecule has 7 nitrogen and oxygen atoms in total. The smallest absolute Gasteiger partial charge is 0.274 e. The van der Waals surface area contributed by atoms with Crippen molar-refractivity contribution < 1.29 is 19.1 Å². The summed E-state index contributed by atoms with van der Waals surface area (Å²) in [7, 11) is -1.96. The summed E-state index contributed by atoms with van der Waals surface area (Å²) in [6.45, 7) is 12.6. The molecule has 2 heterocycles. The molecule has 1 fully saturated rings. The number of aliphatic hydroxyl groups excluding tert-OH is 1. The van der Waals surface area contributed by atoms with Gasteiger partial charge in [-0.1, -0.05) is 20.8 Å². The second-order valence-electron chi connectivity index (χ2n) is 8.14. The number of hydrogen-bond donors (Lipinski definition) is 1. The zero-order chi connectivity index (χ0) is 19.4. The zero-order valence-electron chi connectivity index (χ0n) is 16.5. The Bertz CT molecular complexity index is 617. The van der Waals surface area contributed by atoms with Gasteiger partial charge in [-0.05, 0) is 24.6 Å². The molecule has 1 aliphatic heterocycles. The van der Waals surface area contributed by atoms with Gasteiger partial charge < -0.3 is 19.2 Å². The summed E-state index contributed by atoms with van der Waals surface area (Å²) < 4.78 is 11.7. The summed E-state index contributed by atoms with van der Waals surface area (Å²) >= 11 is 0. The number of hydrogen-bond acceptors (Lipinski definition) is 6. The molecule has 1 saturated heterocycles. The SMILES string of the molecule is CC(C)(C)[Si](C)(C)OCc1nccnc1C(=O)N1CCOC[C@H]1CCO. The molecule has 0 spiro atoms. The lowest BCUT2D eigenvalue weighted by Gasteiger charge is -2.37. The van der Waals surface area contributed by atoms with Crippen LogP contribution in [0.4, 0.5) is 0 Å². The molecule has 0 unspecified atom stereocenters. The van der Waals surface area contributed by atoms with Crippen molar-refractivity contribution in [2.45, 2.75) is 58.0 Å². The molecule has 8 heteroatoms. The van der Waals surface area contributed by atoms with Crippen LogP contribution in [0, 0.1) is 0 Å². The molecule has 0 aliphatic carbocycles. The van der Waals surface area contributed by atoms with Gasteiger partial charge in [0.25, 0.3) is 5.91 Å². The molecule has 146 valence electrons. The van der Waals surface area contributed by atoms with Gasteiger partial charge in [0.1, 0.15) is 0 Å². The Morgan fingerprint density at radius 2 is 2.08 bits per heavy atom. The maximum atomic E-state index is 13.1. The predicted molar refractivity (Wildman–Crippen MR) is 101 cm³/mol. The third kappa shape index (κ3) is 4.88. The van der Waals surface area contributed by atoms with E-state index in [4.69, 9.17) is 9.16 Å². The molecule has 0 saturated carbocycles. The number of aliphatic hydroxyl groups is 1. The van der Waals surface area contributed by atoms with E-state index < -0.39 is 8.32 Å². The van der Waals surface area contributed by atoms with E-state index in [-0.39, 0.29) is 30.2 Å². The Balaban J connectivity index is 2.18. The summed E-state index contributed by atoms with van der Waals surface area (Å²) in [6, 6.07) is -0.141. The lowest BCUT2D eigenvalue weighted by atomic mass is 10.1. The molecule has 1 aromatic rings. The fourth-order valence-corrected chi connectivity index (χ4v) is 3.49. The number of ether oxygens (including phenoxy) is 1. The first kappa shape index (κ1) is 21.0. The Kier molecular flexibility index (Phi) is 6.90. The third-order valence-corrected chi connectivity index (χ3v) is 9.78. The molecule has 26 heavy (non-hydrogen) atoms. The minimum absolute atomic E-state index is 0.0135. The van der Waals surface area contributed by atoms with Crippen LogP contribution in [0.2, 0.25) is 18.1 Å². The minimum atomic E-state index is -1.96. The Hall–Kier alpha value is -1.35. The van der Waals surface area contributed by atoms with Crippen LogP contribution in [0.5, 0.6) is 0 Å². The highest BCUT2D eigenvalue weighted by Gasteiger charge is 2.38. The van der Waals surface area contributed by atoms with Gasteiger partial charge in [0.2, 0.25) is 0 Å². The Labute approximate surface area is 156 Å². The number of carbonyl (C=O) groups excluding carboxylic acids is 1. The van der Waals surface area contributed by atoms with Crippen molar-refractivity contribution in [3.8, 4) is 0 Å². The maximum Gasteiger partial charge on any atom is 0.274 e. The third-order valence-electron chi connectivity index (χ3n) is 5.30. The van der Waals surface area contributed by atoms with E-state index in [0.29, 0.717) is 37.6 Å². The quantitative estimate of drug-likeness (QED) is 0.761.